The van der Waals surface area contributed by atoms with Crippen LogP contribution in [0.4, 0.5) is 0 Å². The van der Waals surface area contributed by atoms with Crippen LogP contribution in [0.5, 0.6) is 0 Å². The second kappa shape index (κ2) is 9.43. The molecular weight excluding hydrogens is 326 g/mol. The topological polar surface area (TPSA) is 23.8 Å². The highest BCUT2D eigenvalue weighted by atomic mass is 14.3. The van der Waals surface area contributed by atoms with Crippen molar-refractivity contribution in [3.8, 4) is 17.9 Å². The van der Waals surface area contributed by atoms with Crippen LogP contribution < -0.4 is 0 Å². The Hall–Kier alpha value is -2.51. The van der Waals surface area contributed by atoms with Gasteiger partial charge in [0.15, 0.2) is 0 Å². The Morgan fingerprint density at radius 1 is 1.00 bits per heavy atom. The number of rotatable bonds is 4. The minimum atomic E-state index is 0.483. The molecule has 1 saturated carbocycles. The van der Waals surface area contributed by atoms with Gasteiger partial charge in [0.25, 0.3) is 0 Å². The van der Waals surface area contributed by atoms with Gasteiger partial charge in [0.05, 0.1) is 11.6 Å². The van der Waals surface area contributed by atoms with Gasteiger partial charge in [0, 0.05) is 11.5 Å². The van der Waals surface area contributed by atoms with Crippen molar-refractivity contribution in [3.05, 3.63) is 70.3 Å². The predicted octanol–water partition coefficient (Wildman–Crippen LogP) is 6.53. The third kappa shape index (κ3) is 5.24. The predicted molar refractivity (Wildman–Crippen MR) is 113 cm³/mol. The second-order valence-electron chi connectivity index (χ2n) is 7.82. The molecule has 0 amide bonds. The van der Waals surface area contributed by atoms with Crippen LogP contribution in [0.15, 0.2) is 42.5 Å². The smallest absolute Gasteiger partial charge is 0.0994 e. The number of nitriles is 1. The Labute approximate surface area is 164 Å². The molecule has 0 N–H and O–H groups in total. The van der Waals surface area contributed by atoms with E-state index in [2.05, 4.69) is 68.2 Å². The molecule has 0 spiro atoms. The summed E-state index contributed by atoms with van der Waals surface area (Å²) in [5, 5.41) is 9.42. The fourth-order valence-electron chi connectivity index (χ4n) is 3.94. The Morgan fingerprint density at radius 2 is 1.74 bits per heavy atom. The van der Waals surface area contributed by atoms with Gasteiger partial charge in [0.2, 0.25) is 0 Å². The van der Waals surface area contributed by atoms with E-state index < -0.39 is 0 Å². The second-order valence-corrected chi connectivity index (χ2v) is 7.82. The molecule has 0 aliphatic heterocycles. The fraction of sp³-hybridized carbons (Fsp3) is 0.423. The van der Waals surface area contributed by atoms with Crippen LogP contribution in [0, 0.1) is 36.0 Å². The van der Waals surface area contributed by atoms with E-state index in [0.717, 1.165) is 36.0 Å². The third-order valence-corrected chi connectivity index (χ3v) is 5.73. The highest BCUT2D eigenvalue weighted by Gasteiger charge is 2.21. The first kappa shape index (κ1) is 19.3. The minimum absolute atomic E-state index is 0.483. The molecule has 1 nitrogen and oxygen atoms in total. The first-order valence-corrected chi connectivity index (χ1v) is 10.3. The molecule has 1 fully saturated rings. The summed E-state index contributed by atoms with van der Waals surface area (Å²) in [4.78, 5) is 0. The summed E-state index contributed by atoms with van der Waals surface area (Å²) in [7, 11) is 0. The van der Waals surface area contributed by atoms with Crippen molar-refractivity contribution >= 4 is 0 Å². The number of nitrogens with zero attached hydrogens (tertiary/aromatic N) is 1. The maximum absolute atomic E-state index is 9.42. The van der Waals surface area contributed by atoms with Gasteiger partial charge in [-0.25, -0.2) is 0 Å². The SMILES string of the molecule is CCCCc1ccc(C#C[C@H]2CC[C@H](c3ccc(C)cc3)CC2)cc1C#N. The van der Waals surface area contributed by atoms with Gasteiger partial charge in [-0.3, -0.25) is 0 Å². The van der Waals surface area contributed by atoms with Crippen molar-refractivity contribution in [2.24, 2.45) is 5.92 Å². The summed E-state index contributed by atoms with van der Waals surface area (Å²) in [6, 6.07) is 17.5. The first-order valence-electron chi connectivity index (χ1n) is 10.3. The summed E-state index contributed by atoms with van der Waals surface area (Å²) < 4.78 is 0. The molecule has 1 aliphatic rings. The number of unbranched alkanes of at least 4 members (excludes halogenated alkanes) is 1. The lowest BCUT2D eigenvalue weighted by Gasteiger charge is -2.26. The number of hydrogen-bond acceptors (Lipinski definition) is 1. The zero-order valence-electron chi connectivity index (χ0n) is 16.6. The lowest BCUT2D eigenvalue weighted by Crippen LogP contribution is -2.12. The van der Waals surface area contributed by atoms with Gasteiger partial charge in [0.1, 0.15) is 0 Å². The molecule has 0 atom stereocenters. The van der Waals surface area contributed by atoms with Crippen LogP contribution in [0.2, 0.25) is 0 Å². The molecular formula is C26H29N. The van der Waals surface area contributed by atoms with E-state index in [1.165, 1.54) is 36.8 Å². The molecule has 1 heteroatoms. The summed E-state index contributed by atoms with van der Waals surface area (Å²) in [5.41, 5.74) is 5.73. The number of benzene rings is 2. The monoisotopic (exact) mass is 355 g/mol. The van der Waals surface area contributed by atoms with Gasteiger partial charge in [-0.2, -0.15) is 5.26 Å². The van der Waals surface area contributed by atoms with Crippen molar-refractivity contribution in [3.63, 3.8) is 0 Å². The van der Waals surface area contributed by atoms with Crippen molar-refractivity contribution in [2.45, 2.75) is 64.7 Å². The Bertz CT molecular complexity index is 850. The number of hydrogen-bond donors (Lipinski definition) is 0. The van der Waals surface area contributed by atoms with Crippen molar-refractivity contribution < 1.29 is 0 Å². The van der Waals surface area contributed by atoms with E-state index in [9.17, 15) is 5.26 Å². The van der Waals surface area contributed by atoms with E-state index in [-0.39, 0.29) is 0 Å². The molecule has 0 radical (unpaired) electrons. The van der Waals surface area contributed by atoms with E-state index >= 15 is 0 Å². The highest BCUT2D eigenvalue weighted by Crippen LogP contribution is 2.35. The van der Waals surface area contributed by atoms with Crippen LogP contribution in [0.25, 0.3) is 0 Å². The molecule has 138 valence electrons. The zero-order valence-corrected chi connectivity index (χ0v) is 16.6. The Balaban J connectivity index is 1.60. The highest BCUT2D eigenvalue weighted by molar-refractivity contribution is 5.46. The summed E-state index contributed by atoms with van der Waals surface area (Å²) in [6.07, 6.45) is 8.05. The lowest BCUT2D eigenvalue weighted by molar-refractivity contribution is 0.384. The molecule has 2 aromatic carbocycles. The third-order valence-electron chi connectivity index (χ3n) is 5.73. The van der Waals surface area contributed by atoms with Gasteiger partial charge in [-0.1, -0.05) is 61.1 Å². The van der Waals surface area contributed by atoms with Crippen LogP contribution in [-0.2, 0) is 6.42 Å². The van der Waals surface area contributed by atoms with Crippen molar-refractivity contribution in [1.82, 2.24) is 0 Å². The first-order chi connectivity index (χ1) is 13.2. The van der Waals surface area contributed by atoms with Gasteiger partial charge < -0.3 is 0 Å². The fourth-order valence-corrected chi connectivity index (χ4v) is 3.94. The van der Waals surface area contributed by atoms with Gasteiger partial charge in [-0.15, -0.1) is 0 Å². The van der Waals surface area contributed by atoms with Crippen molar-refractivity contribution in [2.75, 3.05) is 0 Å². The molecule has 0 bridgehead atoms. The molecule has 0 heterocycles. The van der Waals surface area contributed by atoms with Crippen LogP contribution in [0.3, 0.4) is 0 Å². The minimum Gasteiger partial charge on any atom is -0.192 e. The maximum atomic E-state index is 9.42. The molecule has 1 aliphatic carbocycles. The van der Waals surface area contributed by atoms with Gasteiger partial charge >= 0.3 is 0 Å². The van der Waals surface area contributed by atoms with Crippen LogP contribution in [0.1, 0.15) is 79.2 Å². The molecule has 0 saturated heterocycles. The standard InChI is InChI=1S/C26H29N/c1-3-4-5-23-17-12-22(18-26(23)19-27)9-8-21-10-15-25(16-11-21)24-13-6-20(2)7-14-24/h6-7,12-14,17-18,21,25H,3-5,10-11,15-16H2,1-2H3/t21-,25-. The largest absolute Gasteiger partial charge is 0.192 e. The Kier molecular flexibility index (Phi) is 6.73. The van der Waals surface area contributed by atoms with Gasteiger partial charge in [-0.05, 0) is 74.6 Å². The van der Waals surface area contributed by atoms with E-state index in [1.807, 2.05) is 6.07 Å². The molecule has 3 rings (SSSR count). The van der Waals surface area contributed by atoms with E-state index in [4.69, 9.17) is 0 Å². The average molecular weight is 356 g/mol. The maximum Gasteiger partial charge on any atom is 0.0994 e. The molecule has 2 aromatic rings. The van der Waals surface area contributed by atoms with Crippen LogP contribution in [-0.4, -0.2) is 0 Å². The molecule has 27 heavy (non-hydrogen) atoms. The summed E-state index contributed by atoms with van der Waals surface area (Å²) >= 11 is 0. The normalized spacial score (nSPS) is 19.0. The lowest BCUT2D eigenvalue weighted by atomic mass is 9.79. The summed E-state index contributed by atoms with van der Waals surface area (Å²) in [6.45, 7) is 4.32. The van der Waals surface area contributed by atoms with E-state index in [0.29, 0.717) is 11.8 Å². The zero-order chi connectivity index (χ0) is 19.1. The summed E-state index contributed by atoms with van der Waals surface area (Å²) in [5.74, 6) is 7.98. The quantitative estimate of drug-likeness (QED) is 0.572. The van der Waals surface area contributed by atoms with E-state index in [1.54, 1.807) is 0 Å². The van der Waals surface area contributed by atoms with Crippen molar-refractivity contribution in [1.29, 1.82) is 5.26 Å². The number of aryl methyl sites for hydroxylation is 2. The molecule has 0 unspecified atom stereocenters. The molecule has 0 aromatic heterocycles. The van der Waals surface area contributed by atoms with Crippen LogP contribution >= 0.6 is 0 Å². The average Bonchev–Trinajstić information content (AvgIpc) is 2.72. The Morgan fingerprint density at radius 3 is 2.41 bits per heavy atom.